The van der Waals surface area contributed by atoms with E-state index in [0.29, 0.717) is 33.9 Å². The lowest BCUT2D eigenvalue weighted by molar-refractivity contribution is 0.0775. The number of hydrogen-bond acceptors (Lipinski definition) is 8. The molecule has 4 rings (SSSR count). The first kappa shape index (κ1) is 30.4. The minimum Gasteiger partial charge on any atom is -0.398 e. The molecule has 0 saturated heterocycles. The monoisotopic (exact) mass is 595 g/mol. The maximum Gasteiger partial charge on any atom is 0.251 e. The molecule has 1 heterocycles. The molecule has 1 amide bonds. The van der Waals surface area contributed by atoms with Gasteiger partial charge in [-0.25, -0.2) is 13.4 Å². The largest absolute Gasteiger partial charge is 0.398 e. The number of rotatable bonds is 12. The highest BCUT2D eigenvalue weighted by Crippen LogP contribution is 2.29. The van der Waals surface area contributed by atoms with Crippen LogP contribution in [0, 0.1) is 12.8 Å². The number of carbonyl (C=O) groups is 1. The van der Waals surface area contributed by atoms with E-state index in [1.54, 1.807) is 50.4 Å². The molecule has 0 saturated carbocycles. The first-order valence-corrected chi connectivity index (χ1v) is 15.7. The molecule has 5 N–H and O–H groups in total. The number of aromatic nitrogens is 1. The Hall–Kier alpha value is -3.51. The van der Waals surface area contributed by atoms with Crippen LogP contribution >= 0.6 is 11.3 Å². The van der Waals surface area contributed by atoms with Crippen LogP contribution in [0.3, 0.4) is 0 Å². The van der Waals surface area contributed by atoms with Crippen LogP contribution in [-0.2, 0) is 16.4 Å². The van der Waals surface area contributed by atoms with Crippen molar-refractivity contribution in [1.29, 1.82) is 0 Å². The summed E-state index contributed by atoms with van der Waals surface area (Å²) in [6, 6.07) is 18.7. The van der Waals surface area contributed by atoms with Crippen molar-refractivity contribution < 1.29 is 18.3 Å². The Kier molecular flexibility index (Phi) is 9.64. The third-order valence-corrected chi connectivity index (χ3v) is 9.73. The Morgan fingerprint density at radius 3 is 2.49 bits per heavy atom. The smallest absolute Gasteiger partial charge is 0.251 e. The van der Waals surface area contributed by atoms with Crippen LogP contribution < -0.4 is 16.4 Å². The van der Waals surface area contributed by atoms with Crippen LogP contribution in [0.2, 0.25) is 0 Å². The zero-order valence-corrected chi connectivity index (χ0v) is 25.3. The minimum atomic E-state index is -3.98. The Balaban J connectivity index is 1.64. The Labute approximate surface area is 245 Å². The molecule has 218 valence electrons. The normalized spacial score (nSPS) is 13.4. The Morgan fingerprint density at radius 1 is 1.07 bits per heavy atom. The molecule has 9 nitrogen and oxygen atoms in total. The van der Waals surface area contributed by atoms with Gasteiger partial charge in [0.15, 0.2) is 5.13 Å². The summed E-state index contributed by atoms with van der Waals surface area (Å²) < 4.78 is 29.9. The topological polar surface area (TPSA) is 138 Å². The average Bonchev–Trinajstić information content (AvgIpc) is 3.37. The van der Waals surface area contributed by atoms with Crippen molar-refractivity contribution in [2.75, 3.05) is 31.2 Å². The molecular weight excluding hydrogens is 558 g/mol. The molecule has 0 bridgehead atoms. The predicted molar refractivity (Wildman–Crippen MR) is 166 cm³/mol. The van der Waals surface area contributed by atoms with Gasteiger partial charge in [-0.15, -0.1) is 0 Å². The molecule has 11 heteroatoms. The zero-order chi connectivity index (χ0) is 29.7. The van der Waals surface area contributed by atoms with Gasteiger partial charge < -0.3 is 21.5 Å². The number of nitrogen functional groups attached to an aromatic ring is 1. The van der Waals surface area contributed by atoms with Gasteiger partial charge in [0.05, 0.1) is 27.3 Å². The number of anilines is 2. The molecule has 2 atom stereocenters. The molecular formula is C30H37N5O4S2. The van der Waals surface area contributed by atoms with E-state index in [4.69, 9.17) is 5.73 Å². The second-order valence-electron chi connectivity index (χ2n) is 10.5. The first-order chi connectivity index (χ1) is 19.5. The SMILES string of the molecule is CNc1nc2ccc(S(=O)(=O)N(CC(C)C)CC(O)C(Cc3ccccc3)NC(=O)c3cccc(N)c3C)cc2s1. The number of nitrogens with two attached hydrogens (primary N) is 1. The van der Waals surface area contributed by atoms with Crippen LogP contribution in [0.15, 0.2) is 71.6 Å². The van der Waals surface area contributed by atoms with E-state index in [-0.39, 0.29) is 29.8 Å². The molecule has 0 aliphatic rings. The van der Waals surface area contributed by atoms with Crippen molar-refractivity contribution in [3.63, 3.8) is 0 Å². The van der Waals surface area contributed by atoms with Gasteiger partial charge in [0.2, 0.25) is 10.0 Å². The molecule has 1 aromatic heterocycles. The van der Waals surface area contributed by atoms with Crippen LogP contribution in [0.4, 0.5) is 10.8 Å². The van der Waals surface area contributed by atoms with E-state index >= 15 is 0 Å². The minimum absolute atomic E-state index is 0.00267. The van der Waals surface area contributed by atoms with E-state index in [1.165, 1.54) is 15.6 Å². The fourth-order valence-corrected chi connectivity index (χ4v) is 7.21. The summed E-state index contributed by atoms with van der Waals surface area (Å²) in [4.78, 5) is 17.9. The predicted octanol–water partition coefficient (Wildman–Crippen LogP) is 4.28. The summed E-state index contributed by atoms with van der Waals surface area (Å²) in [5, 5.41) is 18.2. The number of aliphatic hydroxyl groups is 1. The molecule has 0 aliphatic heterocycles. The number of sulfonamides is 1. The molecule has 3 aromatic carbocycles. The second-order valence-corrected chi connectivity index (χ2v) is 13.4. The molecule has 4 aromatic rings. The number of aliphatic hydroxyl groups excluding tert-OH is 1. The van der Waals surface area contributed by atoms with Gasteiger partial charge in [-0.3, -0.25) is 4.79 Å². The summed E-state index contributed by atoms with van der Waals surface area (Å²) >= 11 is 1.37. The van der Waals surface area contributed by atoms with Gasteiger partial charge in [0, 0.05) is 31.4 Å². The van der Waals surface area contributed by atoms with Gasteiger partial charge >= 0.3 is 0 Å². The quantitative estimate of drug-likeness (QED) is 0.179. The van der Waals surface area contributed by atoms with Crippen molar-refractivity contribution in [3.05, 3.63) is 83.4 Å². The van der Waals surface area contributed by atoms with Crippen molar-refractivity contribution >= 4 is 48.3 Å². The van der Waals surface area contributed by atoms with E-state index in [9.17, 15) is 18.3 Å². The second kappa shape index (κ2) is 13.0. The third kappa shape index (κ3) is 7.23. The van der Waals surface area contributed by atoms with Crippen LogP contribution in [-0.4, -0.2) is 61.0 Å². The zero-order valence-electron chi connectivity index (χ0n) is 23.7. The number of amides is 1. The van der Waals surface area contributed by atoms with Crippen LogP contribution in [0.1, 0.15) is 35.3 Å². The van der Waals surface area contributed by atoms with Crippen molar-refractivity contribution in [2.24, 2.45) is 5.92 Å². The van der Waals surface area contributed by atoms with Gasteiger partial charge in [0.1, 0.15) is 0 Å². The lowest BCUT2D eigenvalue weighted by Gasteiger charge is -2.31. The van der Waals surface area contributed by atoms with Crippen molar-refractivity contribution in [1.82, 2.24) is 14.6 Å². The summed E-state index contributed by atoms with van der Waals surface area (Å²) in [5.74, 6) is -0.388. The first-order valence-electron chi connectivity index (χ1n) is 13.5. The van der Waals surface area contributed by atoms with Gasteiger partial charge in [0.25, 0.3) is 5.91 Å². The number of benzene rings is 3. The fourth-order valence-electron chi connectivity index (χ4n) is 4.63. The third-order valence-electron chi connectivity index (χ3n) is 6.87. The number of fused-ring (bicyclic) bond motifs is 1. The highest BCUT2D eigenvalue weighted by atomic mass is 32.2. The van der Waals surface area contributed by atoms with Gasteiger partial charge in [-0.05, 0) is 60.7 Å². The van der Waals surface area contributed by atoms with Crippen LogP contribution in [0.5, 0.6) is 0 Å². The van der Waals surface area contributed by atoms with E-state index in [1.807, 2.05) is 44.2 Å². The Bertz CT molecular complexity index is 1610. The molecule has 0 spiro atoms. The molecule has 0 fully saturated rings. The summed E-state index contributed by atoms with van der Waals surface area (Å²) in [6.45, 7) is 5.61. The van der Waals surface area contributed by atoms with Crippen LogP contribution in [0.25, 0.3) is 10.2 Å². The summed E-state index contributed by atoms with van der Waals surface area (Å²) in [5.41, 5.74) is 9.16. The number of carbonyl (C=O) groups excluding carboxylic acids is 1. The highest BCUT2D eigenvalue weighted by Gasteiger charge is 2.32. The average molecular weight is 596 g/mol. The number of nitrogens with zero attached hydrogens (tertiary/aromatic N) is 2. The molecule has 41 heavy (non-hydrogen) atoms. The van der Waals surface area contributed by atoms with E-state index in [2.05, 4.69) is 15.6 Å². The van der Waals surface area contributed by atoms with E-state index < -0.39 is 22.2 Å². The van der Waals surface area contributed by atoms with Crippen molar-refractivity contribution in [3.8, 4) is 0 Å². The fraction of sp³-hybridized carbons (Fsp3) is 0.333. The lowest BCUT2D eigenvalue weighted by Crippen LogP contribution is -2.51. The maximum absolute atomic E-state index is 13.9. The number of thiazole rings is 1. The highest BCUT2D eigenvalue weighted by molar-refractivity contribution is 7.89. The van der Waals surface area contributed by atoms with Crippen molar-refractivity contribution in [2.45, 2.75) is 44.2 Å². The Morgan fingerprint density at radius 2 is 1.80 bits per heavy atom. The summed E-state index contributed by atoms with van der Waals surface area (Å²) in [6.07, 6.45) is -0.887. The molecule has 0 radical (unpaired) electrons. The molecule has 2 unspecified atom stereocenters. The number of nitrogens with one attached hydrogen (secondary N) is 2. The van der Waals surface area contributed by atoms with Gasteiger partial charge in [-0.1, -0.05) is 61.6 Å². The lowest BCUT2D eigenvalue weighted by atomic mass is 9.99. The van der Waals surface area contributed by atoms with Gasteiger partial charge in [-0.2, -0.15) is 4.31 Å². The standard InChI is InChI=1S/C30H37N5O4S2/c1-19(2)17-35(41(38,39)22-13-14-25-28(16-22)40-30(32-4)34-25)18-27(36)26(15-21-9-6-5-7-10-21)33-29(37)23-11-8-12-24(31)20(23)3/h5-14,16,19,26-27,36H,15,17-18,31H2,1-4H3,(H,32,34)(H,33,37). The maximum atomic E-state index is 13.9. The molecule has 0 aliphatic carbocycles. The van der Waals surface area contributed by atoms with E-state index in [0.717, 1.165) is 10.3 Å². The number of hydrogen-bond donors (Lipinski definition) is 4. The summed E-state index contributed by atoms with van der Waals surface area (Å²) in [7, 11) is -2.21.